The maximum atomic E-state index is 11.8. The Morgan fingerprint density at radius 2 is 1.94 bits per heavy atom. The first kappa shape index (κ1) is 10.2. The Balaban J connectivity index is 2.65. The van der Waals surface area contributed by atoms with Crippen molar-refractivity contribution in [3.8, 4) is 5.69 Å². The molecular formula is C10H10N4O2. The van der Waals surface area contributed by atoms with Crippen molar-refractivity contribution in [2.24, 2.45) is 12.8 Å². The Morgan fingerprint density at radius 3 is 2.44 bits per heavy atom. The Morgan fingerprint density at radius 1 is 1.31 bits per heavy atom. The van der Waals surface area contributed by atoms with Crippen molar-refractivity contribution in [1.82, 2.24) is 14.3 Å². The lowest BCUT2D eigenvalue weighted by Gasteiger charge is -1.96. The lowest BCUT2D eigenvalue weighted by atomic mass is 10.3. The summed E-state index contributed by atoms with van der Waals surface area (Å²) in [4.78, 5) is 22.8. The summed E-state index contributed by atoms with van der Waals surface area (Å²) in [6.45, 7) is 0. The summed E-state index contributed by atoms with van der Waals surface area (Å²) in [6, 6.07) is 8.83. The zero-order valence-electron chi connectivity index (χ0n) is 8.62. The Bertz CT molecular complexity index is 583. The van der Waals surface area contributed by atoms with E-state index in [4.69, 9.17) is 5.73 Å². The quantitative estimate of drug-likeness (QED) is 0.749. The smallest absolute Gasteiger partial charge is 0.350 e. The SMILES string of the molecule is Cn1c(C(N)=O)nn(-c2ccccc2)c1=O. The van der Waals surface area contributed by atoms with Crippen LogP contribution in [0.3, 0.4) is 0 Å². The first-order chi connectivity index (χ1) is 7.61. The van der Waals surface area contributed by atoms with Gasteiger partial charge in [-0.15, -0.1) is 5.10 Å². The van der Waals surface area contributed by atoms with E-state index in [1.807, 2.05) is 6.07 Å². The molecule has 0 atom stereocenters. The molecule has 16 heavy (non-hydrogen) atoms. The van der Waals surface area contributed by atoms with Crippen LogP contribution in [-0.4, -0.2) is 20.3 Å². The molecule has 0 saturated carbocycles. The van der Waals surface area contributed by atoms with Crippen LogP contribution in [0, 0.1) is 0 Å². The summed E-state index contributed by atoms with van der Waals surface area (Å²) < 4.78 is 2.26. The van der Waals surface area contributed by atoms with Crippen molar-refractivity contribution in [3.63, 3.8) is 0 Å². The molecule has 2 N–H and O–H groups in total. The van der Waals surface area contributed by atoms with Crippen molar-refractivity contribution < 1.29 is 4.79 Å². The van der Waals surface area contributed by atoms with Gasteiger partial charge in [-0.2, -0.15) is 4.68 Å². The molecular weight excluding hydrogens is 208 g/mol. The number of benzene rings is 1. The van der Waals surface area contributed by atoms with Gasteiger partial charge in [-0.05, 0) is 12.1 Å². The molecule has 1 heterocycles. The molecule has 82 valence electrons. The predicted octanol–water partition coefficient (Wildman–Crippen LogP) is -0.330. The Hall–Kier alpha value is -2.37. The van der Waals surface area contributed by atoms with Gasteiger partial charge in [0.1, 0.15) is 0 Å². The molecule has 0 radical (unpaired) electrons. The standard InChI is InChI=1S/C10H10N4O2/c1-13-9(8(11)15)12-14(10(13)16)7-5-3-2-4-6-7/h2-6H,1H3,(H2,11,15). The molecule has 0 unspecified atom stereocenters. The van der Waals surface area contributed by atoms with Gasteiger partial charge >= 0.3 is 5.69 Å². The first-order valence-electron chi connectivity index (χ1n) is 4.62. The number of nitrogens with two attached hydrogens (primary N) is 1. The third-order valence-corrected chi connectivity index (χ3v) is 2.20. The molecule has 0 spiro atoms. The lowest BCUT2D eigenvalue weighted by Crippen LogP contribution is -2.24. The van der Waals surface area contributed by atoms with Crippen LogP contribution in [0.5, 0.6) is 0 Å². The highest BCUT2D eigenvalue weighted by molar-refractivity contribution is 5.88. The fourth-order valence-corrected chi connectivity index (χ4v) is 1.39. The maximum absolute atomic E-state index is 11.8. The molecule has 6 heteroatoms. The van der Waals surface area contributed by atoms with Crippen LogP contribution in [0.25, 0.3) is 5.69 Å². The molecule has 6 nitrogen and oxygen atoms in total. The normalized spacial score (nSPS) is 10.3. The number of para-hydroxylation sites is 1. The number of rotatable bonds is 2. The molecule has 2 rings (SSSR count). The van der Waals surface area contributed by atoms with Crippen LogP contribution in [-0.2, 0) is 7.05 Å². The van der Waals surface area contributed by atoms with Gasteiger partial charge in [0.2, 0.25) is 5.82 Å². The third-order valence-electron chi connectivity index (χ3n) is 2.20. The molecule has 2 aromatic rings. The second kappa shape index (κ2) is 3.65. The van der Waals surface area contributed by atoms with Gasteiger partial charge < -0.3 is 5.73 Å². The highest BCUT2D eigenvalue weighted by atomic mass is 16.2. The van der Waals surface area contributed by atoms with Crippen LogP contribution >= 0.6 is 0 Å². The molecule has 0 aliphatic carbocycles. The molecule has 1 aromatic heterocycles. The maximum Gasteiger partial charge on any atom is 0.350 e. The summed E-state index contributed by atoms with van der Waals surface area (Å²) >= 11 is 0. The number of aromatic nitrogens is 3. The average Bonchev–Trinajstić information content (AvgIpc) is 2.58. The summed E-state index contributed by atoms with van der Waals surface area (Å²) in [7, 11) is 1.45. The zero-order chi connectivity index (χ0) is 11.7. The summed E-state index contributed by atoms with van der Waals surface area (Å²) in [5.41, 5.74) is 5.29. The van der Waals surface area contributed by atoms with Gasteiger partial charge in [0.25, 0.3) is 5.91 Å². The number of primary amides is 1. The summed E-state index contributed by atoms with van der Waals surface area (Å²) in [5.74, 6) is -0.789. The van der Waals surface area contributed by atoms with Crippen molar-refractivity contribution in [1.29, 1.82) is 0 Å². The molecule has 1 amide bonds. The zero-order valence-corrected chi connectivity index (χ0v) is 8.62. The van der Waals surface area contributed by atoms with Crippen molar-refractivity contribution in [2.75, 3.05) is 0 Å². The fraction of sp³-hybridized carbons (Fsp3) is 0.100. The topological polar surface area (TPSA) is 82.9 Å². The van der Waals surface area contributed by atoms with Crippen molar-refractivity contribution in [2.45, 2.75) is 0 Å². The van der Waals surface area contributed by atoms with Crippen LogP contribution in [0.2, 0.25) is 0 Å². The van der Waals surface area contributed by atoms with E-state index in [-0.39, 0.29) is 5.82 Å². The Labute approximate surface area is 90.9 Å². The number of nitrogens with zero attached hydrogens (tertiary/aromatic N) is 3. The molecule has 0 fully saturated rings. The van der Waals surface area contributed by atoms with Crippen LogP contribution in [0.15, 0.2) is 35.1 Å². The highest BCUT2D eigenvalue weighted by Crippen LogP contribution is 2.02. The van der Waals surface area contributed by atoms with E-state index in [1.165, 1.54) is 7.05 Å². The van der Waals surface area contributed by atoms with E-state index in [9.17, 15) is 9.59 Å². The summed E-state index contributed by atoms with van der Waals surface area (Å²) in [5, 5.41) is 3.87. The fourth-order valence-electron chi connectivity index (χ4n) is 1.39. The highest BCUT2D eigenvalue weighted by Gasteiger charge is 2.15. The van der Waals surface area contributed by atoms with Crippen molar-refractivity contribution in [3.05, 3.63) is 46.6 Å². The van der Waals surface area contributed by atoms with Gasteiger partial charge in [-0.25, -0.2) is 4.79 Å². The monoisotopic (exact) mass is 218 g/mol. The Kier molecular flexibility index (Phi) is 2.32. The first-order valence-corrected chi connectivity index (χ1v) is 4.62. The molecule has 1 aromatic carbocycles. The second-order valence-electron chi connectivity index (χ2n) is 3.28. The predicted molar refractivity (Wildman–Crippen MR) is 57.3 cm³/mol. The van der Waals surface area contributed by atoms with Crippen molar-refractivity contribution >= 4 is 5.91 Å². The minimum absolute atomic E-state index is 0.0612. The third kappa shape index (κ3) is 1.50. The van der Waals surface area contributed by atoms with Crippen LogP contribution < -0.4 is 11.4 Å². The van der Waals surface area contributed by atoms with E-state index in [0.717, 1.165) is 9.25 Å². The molecule has 0 aliphatic heterocycles. The van der Waals surface area contributed by atoms with Gasteiger partial charge in [0.05, 0.1) is 5.69 Å². The average molecular weight is 218 g/mol. The van der Waals surface area contributed by atoms with Gasteiger partial charge in [0.15, 0.2) is 0 Å². The second-order valence-corrected chi connectivity index (χ2v) is 3.28. The molecule has 0 saturated heterocycles. The van der Waals surface area contributed by atoms with E-state index in [0.29, 0.717) is 5.69 Å². The number of carbonyl (C=O) groups is 1. The number of amides is 1. The van der Waals surface area contributed by atoms with E-state index in [2.05, 4.69) is 5.10 Å². The van der Waals surface area contributed by atoms with Gasteiger partial charge in [-0.3, -0.25) is 9.36 Å². The van der Waals surface area contributed by atoms with Gasteiger partial charge in [-0.1, -0.05) is 18.2 Å². The van der Waals surface area contributed by atoms with Crippen LogP contribution in [0.4, 0.5) is 0 Å². The molecule has 0 aliphatic rings. The number of hydrogen-bond donors (Lipinski definition) is 1. The largest absolute Gasteiger partial charge is 0.363 e. The summed E-state index contributed by atoms with van der Waals surface area (Å²) in [6.07, 6.45) is 0. The van der Waals surface area contributed by atoms with E-state index >= 15 is 0 Å². The minimum atomic E-state index is -0.728. The van der Waals surface area contributed by atoms with E-state index in [1.54, 1.807) is 24.3 Å². The minimum Gasteiger partial charge on any atom is -0.363 e. The van der Waals surface area contributed by atoms with E-state index < -0.39 is 11.6 Å². The number of hydrogen-bond acceptors (Lipinski definition) is 3. The lowest BCUT2D eigenvalue weighted by molar-refractivity contribution is 0.0986. The van der Waals surface area contributed by atoms with Gasteiger partial charge in [0, 0.05) is 7.05 Å². The number of carbonyl (C=O) groups excluding carboxylic acids is 1. The van der Waals surface area contributed by atoms with Crippen LogP contribution in [0.1, 0.15) is 10.6 Å². The molecule has 0 bridgehead atoms.